The molecule has 5 heterocycles. The van der Waals surface area contributed by atoms with E-state index in [0.717, 1.165) is 101 Å². The summed E-state index contributed by atoms with van der Waals surface area (Å²) in [6.07, 6.45) is 6.18. The predicted octanol–water partition coefficient (Wildman–Crippen LogP) is 4.41. The number of rotatable bonds is 9. The molecule has 3 saturated heterocycles. The second kappa shape index (κ2) is 17.1. The molecule has 1 aromatic heterocycles. The molecule has 58 heavy (non-hydrogen) atoms. The summed E-state index contributed by atoms with van der Waals surface area (Å²) in [4.78, 5) is 71.6. The van der Waals surface area contributed by atoms with Crippen LogP contribution in [0.25, 0.3) is 0 Å². The minimum atomic E-state index is -0.977. The van der Waals surface area contributed by atoms with Gasteiger partial charge in [-0.15, -0.1) is 10.2 Å². The first-order chi connectivity index (χ1) is 28.1. The van der Waals surface area contributed by atoms with Crippen molar-refractivity contribution < 1.29 is 28.7 Å². The molecule has 4 fully saturated rings. The summed E-state index contributed by atoms with van der Waals surface area (Å²) in [6.45, 7) is 6.11. The van der Waals surface area contributed by atoms with Crippen LogP contribution in [0.1, 0.15) is 84.1 Å². The Labute approximate surface area is 341 Å². The fraction of sp³-hybridized carbons (Fsp3) is 0.476. The number of nitrogens with zero attached hydrogens (tertiary/aromatic N) is 7. The number of fused-ring (bicyclic) bond motifs is 1. The lowest BCUT2D eigenvalue weighted by molar-refractivity contribution is -0.136. The number of halogens is 1. The second-order valence-corrected chi connectivity index (χ2v) is 16.3. The number of carbonyl (C=O) groups excluding carboxylic acids is 5. The number of ether oxygens (including phenoxy) is 1. The average Bonchev–Trinajstić information content (AvgIpc) is 3.34. The topological polar surface area (TPSA) is 181 Å². The molecular weight excluding hydrogens is 762 g/mol. The number of carbonyl (C=O) groups is 5. The fourth-order valence-electron chi connectivity index (χ4n) is 8.84. The molecule has 15 nitrogen and oxygen atoms in total. The molecule has 3 aromatic rings. The number of imide groups is 2. The van der Waals surface area contributed by atoms with Gasteiger partial charge in [0.1, 0.15) is 17.9 Å². The Balaban J connectivity index is 0.758. The number of nitriles is 1. The standard InChI is InChI=1S/C42H46ClN9O6/c43-34-23-31(8-5-28(34)24-44)58-30-3-1-2-27(4-7-30)39(54)45-36-11-12-37(48-47-36)51-16-14-26(15-17-51)25-49-18-20-50(21-19-49)29-6-9-32-33(22-29)42(57)52(41(32)56)35-10-13-38(53)46-40(35)55/h5-6,8-9,11-12,22-23,26-27,30,35H,1-4,7,10,13-21,25H2,(H,45,47,54)(H,46,53,55)/t27-,30-,35?/m1/s1. The maximum atomic E-state index is 13.3. The summed E-state index contributed by atoms with van der Waals surface area (Å²) in [7, 11) is 0. The van der Waals surface area contributed by atoms with Crippen LogP contribution < -0.4 is 25.2 Å². The van der Waals surface area contributed by atoms with Gasteiger partial charge in [-0.1, -0.05) is 11.6 Å². The maximum Gasteiger partial charge on any atom is 0.262 e. The Bertz CT molecular complexity index is 2130. The zero-order valence-electron chi connectivity index (χ0n) is 32.2. The molecule has 2 aromatic carbocycles. The van der Waals surface area contributed by atoms with E-state index in [2.05, 4.69) is 41.6 Å². The van der Waals surface area contributed by atoms with Crippen LogP contribution in [0, 0.1) is 23.2 Å². The van der Waals surface area contributed by atoms with Crippen molar-refractivity contribution >= 4 is 58.5 Å². The van der Waals surface area contributed by atoms with Crippen LogP contribution >= 0.6 is 11.6 Å². The second-order valence-electron chi connectivity index (χ2n) is 15.9. The number of benzene rings is 2. The quantitative estimate of drug-likeness (QED) is 0.230. The van der Waals surface area contributed by atoms with E-state index >= 15 is 0 Å². The van der Waals surface area contributed by atoms with Crippen LogP contribution in [0.2, 0.25) is 5.02 Å². The first-order valence-corrected chi connectivity index (χ1v) is 20.6. The molecule has 302 valence electrons. The molecule has 0 radical (unpaired) electrons. The first kappa shape index (κ1) is 39.2. The third kappa shape index (κ3) is 8.49. The number of aromatic nitrogens is 2. The number of amides is 5. The van der Waals surface area contributed by atoms with Gasteiger partial charge in [0.05, 0.1) is 27.8 Å². The Morgan fingerprint density at radius 1 is 0.845 bits per heavy atom. The third-order valence-corrected chi connectivity index (χ3v) is 12.5. The minimum Gasteiger partial charge on any atom is -0.490 e. The lowest BCUT2D eigenvalue weighted by Crippen LogP contribution is -2.54. The van der Waals surface area contributed by atoms with Crippen LogP contribution in [-0.2, 0) is 14.4 Å². The summed E-state index contributed by atoms with van der Waals surface area (Å²) in [5.74, 6) is 0.253. The molecule has 2 N–H and O–H groups in total. The normalized spacial score (nSPS) is 23.2. The third-order valence-electron chi connectivity index (χ3n) is 12.2. The van der Waals surface area contributed by atoms with E-state index in [-0.39, 0.29) is 36.3 Å². The van der Waals surface area contributed by atoms with Crippen molar-refractivity contribution in [1.82, 2.24) is 25.3 Å². The Hall–Kier alpha value is -5.59. The summed E-state index contributed by atoms with van der Waals surface area (Å²) in [6, 6.07) is 15.2. The van der Waals surface area contributed by atoms with Crippen LogP contribution in [0.3, 0.4) is 0 Å². The van der Waals surface area contributed by atoms with Gasteiger partial charge in [0.25, 0.3) is 11.8 Å². The van der Waals surface area contributed by atoms with E-state index in [1.54, 1.807) is 30.3 Å². The minimum absolute atomic E-state index is 0.0237. The van der Waals surface area contributed by atoms with E-state index in [1.807, 2.05) is 18.2 Å². The highest BCUT2D eigenvalue weighted by Gasteiger charge is 2.45. The van der Waals surface area contributed by atoms with Crippen molar-refractivity contribution in [3.63, 3.8) is 0 Å². The number of nitrogens with one attached hydrogen (secondary N) is 2. The summed E-state index contributed by atoms with van der Waals surface area (Å²) in [5, 5.41) is 23.5. The SMILES string of the molecule is N#Cc1ccc(O[C@@H]2CCC[C@@H](C(=O)Nc3ccc(N4CCC(CN5CCN(c6ccc7c(c6)C(=O)N(C6CCC(=O)NC6=O)C7=O)CC5)CC4)nn3)CC2)cc1Cl. The van der Waals surface area contributed by atoms with Gasteiger partial charge in [0.2, 0.25) is 17.7 Å². The molecule has 3 atom stereocenters. The average molecular weight is 808 g/mol. The van der Waals surface area contributed by atoms with Gasteiger partial charge in [0.15, 0.2) is 11.6 Å². The summed E-state index contributed by atoms with van der Waals surface area (Å²) in [5.41, 5.74) is 1.88. The van der Waals surface area contributed by atoms with Gasteiger partial charge in [-0.25, -0.2) is 0 Å². The molecule has 1 unspecified atom stereocenters. The van der Waals surface area contributed by atoms with Crippen LogP contribution in [0.4, 0.5) is 17.3 Å². The highest BCUT2D eigenvalue weighted by atomic mass is 35.5. The van der Waals surface area contributed by atoms with Crippen molar-refractivity contribution in [2.45, 2.75) is 69.9 Å². The monoisotopic (exact) mass is 807 g/mol. The number of piperazine rings is 1. The van der Waals surface area contributed by atoms with Gasteiger partial charge >= 0.3 is 0 Å². The lowest BCUT2D eigenvalue weighted by atomic mass is 9.96. The van der Waals surface area contributed by atoms with Gasteiger partial charge in [-0.2, -0.15) is 5.26 Å². The van der Waals surface area contributed by atoms with E-state index in [9.17, 15) is 24.0 Å². The molecular formula is C42H46ClN9O6. The number of piperidine rings is 2. The Morgan fingerprint density at radius 2 is 1.64 bits per heavy atom. The van der Waals surface area contributed by atoms with Gasteiger partial charge < -0.3 is 19.9 Å². The fourth-order valence-corrected chi connectivity index (χ4v) is 9.06. The van der Waals surface area contributed by atoms with Crippen LogP contribution in [0.15, 0.2) is 48.5 Å². The lowest BCUT2D eigenvalue weighted by Gasteiger charge is -2.39. The number of hydrogen-bond acceptors (Lipinski definition) is 12. The van der Waals surface area contributed by atoms with Crippen molar-refractivity contribution in [2.24, 2.45) is 11.8 Å². The van der Waals surface area contributed by atoms with E-state index in [1.165, 1.54) is 0 Å². The van der Waals surface area contributed by atoms with Crippen molar-refractivity contribution in [1.29, 1.82) is 5.26 Å². The van der Waals surface area contributed by atoms with E-state index in [4.69, 9.17) is 21.6 Å². The zero-order chi connectivity index (χ0) is 40.3. The molecule has 0 bridgehead atoms. The molecule has 5 amide bonds. The number of hydrogen-bond donors (Lipinski definition) is 2. The van der Waals surface area contributed by atoms with Crippen LogP contribution in [0.5, 0.6) is 5.75 Å². The van der Waals surface area contributed by atoms with Crippen LogP contribution in [-0.4, -0.2) is 107 Å². The molecule has 1 saturated carbocycles. The van der Waals surface area contributed by atoms with Gasteiger partial charge in [0, 0.05) is 69.9 Å². The summed E-state index contributed by atoms with van der Waals surface area (Å²) < 4.78 is 6.14. The predicted molar refractivity (Wildman–Crippen MR) is 215 cm³/mol. The maximum absolute atomic E-state index is 13.3. The zero-order valence-corrected chi connectivity index (χ0v) is 33.0. The Kier molecular flexibility index (Phi) is 11.6. The number of anilines is 3. The molecule has 4 aliphatic heterocycles. The first-order valence-electron chi connectivity index (χ1n) is 20.2. The highest BCUT2D eigenvalue weighted by Crippen LogP contribution is 2.33. The highest BCUT2D eigenvalue weighted by molar-refractivity contribution is 6.31. The van der Waals surface area contributed by atoms with Gasteiger partial charge in [-0.3, -0.25) is 39.1 Å². The Morgan fingerprint density at radius 3 is 2.36 bits per heavy atom. The van der Waals surface area contributed by atoms with E-state index in [0.29, 0.717) is 40.1 Å². The van der Waals surface area contributed by atoms with Crippen molar-refractivity contribution in [3.05, 3.63) is 70.2 Å². The van der Waals surface area contributed by atoms with Crippen molar-refractivity contribution in [2.75, 3.05) is 60.9 Å². The molecule has 1 aliphatic carbocycles. The smallest absolute Gasteiger partial charge is 0.262 e. The molecule has 16 heteroatoms. The molecule has 0 spiro atoms. The van der Waals surface area contributed by atoms with E-state index < -0.39 is 29.7 Å². The summed E-state index contributed by atoms with van der Waals surface area (Å²) >= 11 is 6.17. The van der Waals surface area contributed by atoms with Gasteiger partial charge in [-0.05, 0) is 99.7 Å². The molecule has 5 aliphatic rings. The van der Waals surface area contributed by atoms with Crippen molar-refractivity contribution in [3.8, 4) is 11.8 Å². The molecule has 8 rings (SSSR count). The largest absolute Gasteiger partial charge is 0.490 e.